The van der Waals surface area contributed by atoms with E-state index in [4.69, 9.17) is 5.73 Å². The molecule has 2 aromatic heterocycles. The fourth-order valence-electron chi connectivity index (χ4n) is 4.06. The monoisotopic (exact) mass is 286 g/mol. The van der Waals surface area contributed by atoms with Crippen LogP contribution in [0.1, 0.15) is 51.5 Å². The molecule has 2 heterocycles. The molecule has 0 radical (unpaired) electrons. The van der Waals surface area contributed by atoms with Crippen molar-refractivity contribution in [1.82, 2.24) is 14.5 Å². The van der Waals surface area contributed by atoms with Crippen molar-refractivity contribution < 1.29 is 0 Å². The third-order valence-electron chi connectivity index (χ3n) is 4.86. The highest BCUT2D eigenvalue weighted by molar-refractivity contribution is 5.77. The fraction of sp³-hybridized carbons (Fsp3) is 0.647. The molecule has 4 heteroatoms. The summed E-state index contributed by atoms with van der Waals surface area (Å²) in [4.78, 5) is 9.08. The summed E-state index contributed by atoms with van der Waals surface area (Å²) in [6.45, 7) is 7.67. The van der Waals surface area contributed by atoms with E-state index in [1.54, 1.807) is 0 Å². The highest BCUT2D eigenvalue weighted by Gasteiger charge is 2.35. The SMILES string of the molecule is Cc1ccnc2c1nc(N)n2CC1(CC(C)C)CCCC1. The van der Waals surface area contributed by atoms with Crippen molar-refractivity contribution >= 4 is 17.1 Å². The summed E-state index contributed by atoms with van der Waals surface area (Å²) in [6, 6.07) is 2.00. The van der Waals surface area contributed by atoms with Crippen LogP contribution in [0.5, 0.6) is 0 Å². The number of nitrogens with two attached hydrogens (primary N) is 1. The largest absolute Gasteiger partial charge is 0.369 e. The molecule has 4 nitrogen and oxygen atoms in total. The molecule has 2 N–H and O–H groups in total. The van der Waals surface area contributed by atoms with Crippen LogP contribution in [0, 0.1) is 18.3 Å². The smallest absolute Gasteiger partial charge is 0.202 e. The lowest BCUT2D eigenvalue weighted by Crippen LogP contribution is -2.26. The van der Waals surface area contributed by atoms with E-state index in [0.29, 0.717) is 17.3 Å². The van der Waals surface area contributed by atoms with Gasteiger partial charge in [-0.1, -0.05) is 26.7 Å². The molecular weight excluding hydrogens is 260 g/mol. The number of nitrogens with zero attached hydrogens (tertiary/aromatic N) is 3. The van der Waals surface area contributed by atoms with Crippen molar-refractivity contribution in [2.24, 2.45) is 11.3 Å². The number of aromatic nitrogens is 3. The van der Waals surface area contributed by atoms with Crippen LogP contribution in [0.3, 0.4) is 0 Å². The Morgan fingerprint density at radius 3 is 2.71 bits per heavy atom. The zero-order chi connectivity index (χ0) is 15.0. The average molecular weight is 286 g/mol. The van der Waals surface area contributed by atoms with Gasteiger partial charge in [0.05, 0.1) is 0 Å². The Labute approximate surface area is 126 Å². The Morgan fingerprint density at radius 2 is 2.05 bits per heavy atom. The minimum Gasteiger partial charge on any atom is -0.369 e. The molecule has 0 spiro atoms. The van der Waals surface area contributed by atoms with Gasteiger partial charge in [0.2, 0.25) is 5.95 Å². The number of aryl methyl sites for hydroxylation is 1. The van der Waals surface area contributed by atoms with Crippen molar-refractivity contribution in [3.63, 3.8) is 0 Å². The third-order valence-corrected chi connectivity index (χ3v) is 4.86. The molecule has 0 saturated heterocycles. The first-order valence-corrected chi connectivity index (χ1v) is 8.08. The fourth-order valence-corrected chi connectivity index (χ4v) is 4.06. The van der Waals surface area contributed by atoms with Crippen LogP contribution < -0.4 is 5.73 Å². The molecule has 1 fully saturated rings. The van der Waals surface area contributed by atoms with E-state index in [-0.39, 0.29) is 0 Å². The summed E-state index contributed by atoms with van der Waals surface area (Å²) in [5, 5.41) is 0. The highest BCUT2D eigenvalue weighted by atomic mass is 15.2. The average Bonchev–Trinajstić information content (AvgIpc) is 2.97. The van der Waals surface area contributed by atoms with Crippen molar-refractivity contribution in [2.45, 2.75) is 59.4 Å². The van der Waals surface area contributed by atoms with E-state index >= 15 is 0 Å². The van der Waals surface area contributed by atoms with Crippen molar-refractivity contribution in [1.29, 1.82) is 0 Å². The van der Waals surface area contributed by atoms with Gasteiger partial charge in [-0.2, -0.15) is 0 Å². The lowest BCUT2D eigenvalue weighted by molar-refractivity contribution is 0.200. The van der Waals surface area contributed by atoms with Crippen molar-refractivity contribution in [3.05, 3.63) is 17.8 Å². The molecule has 0 atom stereocenters. The molecule has 1 aliphatic rings. The Bertz CT molecular complexity index is 636. The molecule has 1 aliphatic carbocycles. The Hall–Kier alpha value is -1.58. The lowest BCUT2D eigenvalue weighted by atomic mass is 9.78. The first-order chi connectivity index (χ1) is 10.0. The number of rotatable bonds is 4. The first-order valence-electron chi connectivity index (χ1n) is 8.08. The molecule has 0 unspecified atom stereocenters. The number of nitrogen functional groups attached to an aromatic ring is 1. The van der Waals surface area contributed by atoms with Gasteiger partial charge in [-0.15, -0.1) is 0 Å². The topological polar surface area (TPSA) is 56.7 Å². The van der Waals surface area contributed by atoms with Gasteiger partial charge in [0.1, 0.15) is 5.52 Å². The number of fused-ring (bicyclic) bond motifs is 1. The predicted molar refractivity (Wildman–Crippen MR) is 87.0 cm³/mol. The van der Waals surface area contributed by atoms with Gasteiger partial charge in [-0.05, 0) is 49.1 Å². The maximum atomic E-state index is 6.20. The van der Waals surface area contributed by atoms with Crippen LogP contribution in [-0.4, -0.2) is 14.5 Å². The summed E-state index contributed by atoms with van der Waals surface area (Å²) in [6.07, 6.45) is 8.40. The van der Waals surface area contributed by atoms with E-state index in [1.807, 2.05) is 12.3 Å². The van der Waals surface area contributed by atoms with Gasteiger partial charge in [-0.3, -0.25) is 4.57 Å². The molecule has 0 aliphatic heterocycles. The third kappa shape index (κ3) is 2.63. The zero-order valence-electron chi connectivity index (χ0n) is 13.4. The molecule has 0 aromatic carbocycles. The van der Waals surface area contributed by atoms with E-state index in [2.05, 4.69) is 35.3 Å². The molecule has 3 rings (SSSR count). The van der Waals surface area contributed by atoms with Crippen LogP contribution in [-0.2, 0) is 6.54 Å². The van der Waals surface area contributed by atoms with Crippen LogP contribution >= 0.6 is 0 Å². The van der Waals surface area contributed by atoms with Crippen molar-refractivity contribution in [3.8, 4) is 0 Å². The second kappa shape index (κ2) is 5.32. The lowest BCUT2D eigenvalue weighted by Gasteiger charge is -2.31. The highest BCUT2D eigenvalue weighted by Crippen LogP contribution is 2.45. The molecule has 21 heavy (non-hydrogen) atoms. The second-order valence-electron chi connectivity index (χ2n) is 7.16. The molecule has 2 aromatic rings. The summed E-state index contributed by atoms with van der Waals surface area (Å²) in [5.74, 6) is 1.33. The van der Waals surface area contributed by atoms with Crippen molar-refractivity contribution in [2.75, 3.05) is 5.73 Å². The normalized spacial score (nSPS) is 17.9. The van der Waals surface area contributed by atoms with Gasteiger partial charge in [0.25, 0.3) is 0 Å². The molecular formula is C17H26N4. The summed E-state index contributed by atoms with van der Waals surface area (Å²) >= 11 is 0. The van der Waals surface area contributed by atoms with Gasteiger partial charge in [-0.25, -0.2) is 9.97 Å². The van der Waals surface area contributed by atoms with Gasteiger partial charge in [0, 0.05) is 12.7 Å². The maximum Gasteiger partial charge on any atom is 0.202 e. The van der Waals surface area contributed by atoms with Crippen LogP contribution in [0.2, 0.25) is 0 Å². The summed E-state index contributed by atoms with van der Waals surface area (Å²) in [5.41, 5.74) is 9.62. The zero-order valence-corrected chi connectivity index (χ0v) is 13.4. The van der Waals surface area contributed by atoms with Gasteiger partial charge >= 0.3 is 0 Å². The Balaban J connectivity index is 2.00. The number of hydrogen-bond donors (Lipinski definition) is 1. The molecule has 114 valence electrons. The minimum atomic E-state index is 0.376. The number of pyridine rings is 1. The standard InChI is InChI=1S/C17H26N4/c1-12(2)10-17(7-4-5-8-17)11-21-15-14(20-16(21)18)13(3)6-9-19-15/h6,9,12H,4-5,7-8,10-11H2,1-3H3,(H2,18,20). The Kier molecular flexibility index (Phi) is 3.64. The van der Waals surface area contributed by atoms with E-state index in [1.165, 1.54) is 32.1 Å². The quantitative estimate of drug-likeness (QED) is 0.926. The van der Waals surface area contributed by atoms with E-state index < -0.39 is 0 Å². The number of anilines is 1. The van der Waals surface area contributed by atoms with E-state index in [9.17, 15) is 0 Å². The molecule has 1 saturated carbocycles. The summed E-state index contributed by atoms with van der Waals surface area (Å²) in [7, 11) is 0. The summed E-state index contributed by atoms with van der Waals surface area (Å²) < 4.78 is 2.15. The van der Waals surface area contributed by atoms with Gasteiger partial charge < -0.3 is 5.73 Å². The van der Waals surface area contributed by atoms with Crippen LogP contribution in [0.15, 0.2) is 12.3 Å². The van der Waals surface area contributed by atoms with Crippen LogP contribution in [0.4, 0.5) is 5.95 Å². The number of imidazole rings is 1. The van der Waals surface area contributed by atoms with Gasteiger partial charge in [0.15, 0.2) is 5.65 Å². The first kappa shape index (κ1) is 14.4. The van der Waals surface area contributed by atoms with Crippen LogP contribution in [0.25, 0.3) is 11.2 Å². The van der Waals surface area contributed by atoms with E-state index in [0.717, 1.165) is 23.3 Å². The maximum absolute atomic E-state index is 6.20. The predicted octanol–water partition coefficient (Wildman–Crippen LogP) is 3.93. The minimum absolute atomic E-state index is 0.376. The number of hydrogen-bond acceptors (Lipinski definition) is 3. The Morgan fingerprint density at radius 1 is 1.33 bits per heavy atom. The molecule has 0 bridgehead atoms. The second-order valence-corrected chi connectivity index (χ2v) is 7.16. The molecule has 0 amide bonds.